The van der Waals surface area contributed by atoms with Crippen LogP contribution in [0.15, 0.2) is 42.9 Å². The minimum absolute atomic E-state index is 0.0765. The second-order valence-corrected chi connectivity index (χ2v) is 8.24. The molecule has 10 nitrogen and oxygen atoms in total. The van der Waals surface area contributed by atoms with Gasteiger partial charge in [-0.2, -0.15) is 5.10 Å². The van der Waals surface area contributed by atoms with E-state index in [1.807, 2.05) is 0 Å². The topological polar surface area (TPSA) is 131 Å². The molecule has 0 saturated carbocycles. The van der Waals surface area contributed by atoms with Crippen molar-refractivity contribution >= 4 is 0 Å². The van der Waals surface area contributed by atoms with Gasteiger partial charge in [0.05, 0.1) is 18.5 Å². The van der Waals surface area contributed by atoms with Crippen LogP contribution in [-0.2, 0) is 4.74 Å². The van der Waals surface area contributed by atoms with Crippen LogP contribution in [0.5, 0.6) is 0 Å². The van der Waals surface area contributed by atoms with Crippen molar-refractivity contribution < 1.29 is 42.0 Å². The van der Waals surface area contributed by atoms with Crippen molar-refractivity contribution in [2.24, 2.45) is 0 Å². The third kappa shape index (κ3) is 4.46. The van der Waals surface area contributed by atoms with Crippen molar-refractivity contribution in [3.8, 4) is 16.9 Å². The summed E-state index contributed by atoms with van der Waals surface area (Å²) < 4.78 is 76.0. The van der Waals surface area contributed by atoms with Gasteiger partial charge < -0.3 is 20.1 Å². The van der Waals surface area contributed by atoms with E-state index in [2.05, 4.69) is 20.4 Å². The molecule has 0 unspecified atom stereocenters. The van der Waals surface area contributed by atoms with Crippen molar-refractivity contribution in [1.29, 1.82) is 0 Å². The first-order chi connectivity index (χ1) is 17.7. The Bertz CT molecular complexity index is 1410. The van der Waals surface area contributed by atoms with E-state index in [4.69, 9.17) is 4.74 Å². The molecule has 3 heterocycles. The molecule has 2 aromatic carbocycles. The number of aliphatic hydroxyl groups is 3. The summed E-state index contributed by atoms with van der Waals surface area (Å²) in [6.45, 7) is -0.709. The summed E-state index contributed by atoms with van der Waals surface area (Å²) in [6, 6.07) is 2.64. The summed E-state index contributed by atoms with van der Waals surface area (Å²) in [5.74, 6) is -6.48. The number of hydrogen-bond donors (Lipinski definition) is 3. The summed E-state index contributed by atoms with van der Waals surface area (Å²) >= 11 is 0. The maximum absolute atomic E-state index is 13.8. The molecule has 2 aromatic heterocycles. The molecule has 194 valence electrons. The molecule has 4 aromatic rings. The number of ether oxygens (including phenoxy) is 1. The zero-order chi connectivity index (χ0) is 26.4. The smallest absolute Gasteiger partial charge is 0.194 e. The lowest BCUT2D eigenvalue weighted by Crippen LogP contribution is -2.53. The molecular formula is C22H17F5N6O4. The van der Waals surface area contributed by atoms with Crippen LogP contribution >= 0.6 is 0 Å². The second kappa shape index (κ2) is 9.59. The molecule has 37 heavy (non-hydrogen) atoms. The van der Waals surface area contributed by atoms with Gasteiger partial charge in [-0.3, -0.25) is 0 Å². The fraction of sp³-hybridized carbons (Fsp3) is 0.273. The monoisotopic (exact) mass is 524 g/mol. The molecule has 5 atom stereocenters. The summed E-state index contributed by atoms with van der Waals surface area (Å²) in [5, 5.41) is 43.3. The highest BCUT2D eigenvalue weighted by atomic mass is 19.2. The Hall–Kier alpha value is -3.79. The highest BCUT2D eigenvalue weighted by Crippen LogP contribution is 2.38. The molecule has 1 fully saturated rings. The van der Waals surface area contributed by atoms with Gasteiger partial charge in [0.2, 0.25) is 0 Å². The van der Waals surface area contributed by atoms with E-state index in [-0.39, 0.29) is 22.8 Å². The maximum atomic E-state index is 13.8. The van der Waals surface area contributed by atoms with Gasteiger partial charge in [0.1, 0.15) is 54.1 Å². The average Bonchev–Trinajstić information content (AvgIpc) is 3.52. The van der Waals surface area contributed by atoms with E-state index in [1.165, 1.54) is 0 Å². The Balaban J connectivity index is 1.52. The second-order valence-electron chi connectivity index (χ2n) is 8.24. The fourth-order valence-corrected chi connectivity index (χ4v) is 4.19. The minimum atomic E-state index is -1.66. The minimum Gasteiger partial charge on any atom is -0.394 e. The predicted octanol–water partition coefficient (Wildman–Crippen LogP) is 1.62. The third-order valence-corrected chi connectivity index (χ3v) is 5.91. The zero-order valence-electron chi connectivity index (χ0n) is 18.5. The molecule has 1 aliphatic heterocycles. The van der Waals surface area contributed by atoms with E-state index in [9.17, 15) is 37.3 Å². The normalized spacial score (nSPS) is 23.9. The third-order valence-electron chi connectivity index (χ3n) is 5.91. The molecule has 1 aliphatic rings. The largest absolute Gasteiger partial charge is 0.394 e. The number of rotatable bonds is 5. The first-order valence-electron chi connectivity index (χ1n) is 10.7. The first kappa shape index (κ1) is 24.9. The lowest BCUT2D eigenvalue weighted by molar-refractivity contribution is -0.210. The highest BCUT2D eigenvalue weighted by Gasteiger charge is 2.48. The first-order valence-corrected chi connectivity index (χ1v) is 10.7. The highest BCUT2D eigenvalue weighted by molar-refractivity contribution is 5.58. The summed E-state index contributed by atoms with van der Waals surface area (Å²) in [6.07, 6.45) is -3.69. The van der Waals surface area contributed by atoms with E-state index in [0.717, 1.165) is 34.0 Å². The molecule has 0 amide bonds. The van der Waals surface area contributed by atoms with Crippen LogP contribution in [0.2, 0.25) is 0 Å². The average molecular weight is 524 g/mol. The Morgan fingerprint density at radius 1 is 0.919 bits per heavy atom. The zero-order valence-corrected chi connectivity index (χ0v) is 18.5. The molecule has 1 saturated heterocycles. The maximum Gasteiger partial charge on any atom is 0.194 e. The Labute approximate surface area is 204 Å². The van der Waals surface area contributed by atoms with Gasteiger partial charge >= 0.3 is 0 Å². The van der Waals surface area contributed by atoms with E-state index < -0.39 is 66.2 Å². The number of aromatic nitrogens is 6. The van der Waals surface area contributed by atoms with E-state index >= 15 is 0 Å². The van der Waals surface area contributed by atoms with Crippen LogP contribution in [0.3, 0.4) is 0 Å². The molecule has 0 radical (unpaired) electrons. The van der Waals surface area contributed by atoms with Crippen LogP contribution in [0.25, 0.3) is 16.9 Å². The Morgan fingerprint density at radius 3 is 2.24 bits per heavy atom. The Kier molecular flexibility index (Phi) is 6.45. The molecule has 0 aliphatic carbocycles. The standard InChI is InChI=1S/C22H17F5N6O4/c23-10-3-11(24)5-12(4-10)33-22(28-8-29-33)21-20(36)18(19(35)16(7-34)37-21)32-6-15(30-31-32)9-1-13(25)17(27)14(26)2-9/h1-6,8,16,18-21,34-36H,7H2/t16-,18+,19+,20-,21-/m1/s1. The quantitative estimate of drug-likeness (QED) is 0.265. The van der Waals surface area contributed by atoms with Crippen LogP contribution in [-0.4, -0.2) is 70.0 Å². The van der Waals surface area contributed by atoms with Gasteiger partial charge in [-0.05, 0) is 24.3 Å². The van der Waals surface area contributed by atoms with Crippen LogP contribution < -0.4 is 0 Å². The number of nitrogens with zero attached hydrogens (tertiary/aromatic N) is 6. The van der Waals surface area contributed by atoms with Gasteiger partial charge in [-0.25, -0.2) is 36.3 Å². The van der Waals surface area contributed by atoms with Gasteiger partial charge in [0.15, 0.2) is 23.3 Å². The summed E-state index contributed by atoms with van der Waals surface area (Å²) in [5.41, 5.74) is -0.353. The molecule has 0 spiro atoms. The predicted molar refractivity (Wildman–Crippen MR) is 112 cm³/mol. The molecule has 5 rings (SSSR count). The van der Waals surface area contributed by atoms with Crippen LogP contribution in [0.4, 0.5) is 22.0 Å². The van der Waals surface area contributed by atoms with Gasteiger partial charge in [0, 0.05) is 11.6 Å². The van der Waals surface area contributed by atoms with E-state index in [0.29, 0.717) is 18.2 Å². The van der Waals surface area contributed by atoms with Crippen LogP contribution in [0, 0.1) is 29.1 Å². The van der Waals surface area contributed by atoms with Gasteiger partial charge in [0.25, 0.3) is 0 Å². The lowest BCUT2D eigenvalue weighted by Gasteiger charge is -2.41. The molecular weight excluding hydrogens is 507 g/mol. The van der Waals surface area contributed by atoms with Crippen molar-refractivity contribution in [1.82, 2.24) is 29.8 Å². The molecule has 0 bridgehead atoms. The number of benzene rings is 2. The van der Waals surface area contributed by atoms with Crippen molar-refractivity contribution in [3.63, 3.8) is 0 Å². The lowest BCUT2D eigenvalue weighted by atomic mass is 9.92. The van der Waals surface area contributed by atoms with Crippen LogP contribution in [0.1, 0.15) is 18.0 Å². The van der Waals surface area contributed by atoms with Gasteiger partial charge in [-0.1, -0.05) is 5.21 Å². The Morgan fingerprint density at radius 2 is 1.59 bits per heavy atom. The number of hydrogen-bond acceptors (Lipinski definition) is 8. The van der Waals surface area contributed by atoms with Crippen molar-refractivity contribution in [2.75, 3.05) is 6.61 Å². The summed E-state index contributed by atoms with van der Waals surface area (Å²) in [7, 11) is 0. The van der Waals surface area contributed by atoms with Crippen molar-refractivity contribution in [2.45, 2.75) is 30.5 Å². The SMILES string of the molecule is OC[C@H]1O[C@@H](c2ncnn2-c2cc(F)cc(F)c2)[C@H](O)[C@@H](n2cc(-c3cc(F)c(F)c(F)c3)nn2)[C@H]1O. The molecule has 3 N–H and O–H groups in total. The summed E-state index contributed by atoms with van der Waals surface area (Å²) in [4.78, 5) is 4.02. The van der Waals surface area contributed by atoms with Crippen molar-refractivity contribution in [3.05, 3.63) is 77.8 Å². The number of halogens is 5. The number of aliphatic hydroxyl groups excluding tert-OH is 3. The fourth-order valence-electron chi connectivity index (χ4n) is 4.19. The van der Waals surface area contributed by atoms with Gasteiger partial charge in [-0.15, -0.1) is 5.10 Å². The molecule has 15 heteroatoms. The van der Waals surface area contributed by atoms with E-state index in [1.54, 1.807) is 0 Å².